The molecule has 1 amide bonds. The molecule has 1 aliphatic rings. The van der Waals surface area contributed by atoms with E-state index in [1.807, 2.05) is 35.2 Å². The number of hydrogen-bond acceptors (Lipinski definition) is 3. The van der Waals surface area contributed by atoms with Gasteiger partial charge in [0.2, 0.25) is 5.91 Å². The van der Waals surface area contributed by atoms with Gasteiger partial charge in [0.25, 0.3) is 0 Å². The Morgan fingerprint density at radius 1 is 1.08 bits per heavy atom. The normalized spacial score (nSPS) is 16.8. The first-order chi connectivity index (χ1) is 12.1. The van der Waals surface area contributed by atoms with E-state index < -0.39 is 0 Å². The minimum Gasteiger partial charge on any atom is -0.493 e. The Balaban J connectivity index is 1.77. The summed E-state index contributed by atoms with van der Waals surface area (Å²) in [6.45, 7) is 2.86. The predicted octanol–water partition coefficient (Wildman–Crippen LogP) is 3.92. The second-order valence-corrected chi connectivity index (χ2v) is 6.52. The van der Waals surface area contributed by atoms with Crippen molar-refractivity contribution < 1.29 is 14.3 Å². The zero-order valence-corrected chi connectivity index (χ0v) is 15.1. The van der Waals surface area contributed by atoms with Crippen LogP contribution in [-0.2, 0) is 11.2 Å². The number of benzene rings is 2. The topological polar surface area (TPSA) is 38.8 Å². The zero-order chi connectivity index (χ0) is 17.8. The van der Waals surface area contributed by atoms with Crippen molar-refractivity contribution in [3.63, 3.8) is 0 Å². The summed E-state index contributed by atoms with van der Waals surface area (Å²) in [6, 6.07) is 14.2. The van der Waals surface area contributed by atoms with Gasteiger partial charge in [-0.25, -0.2) is 0 Å². The largest absolute Gasteiger partial charge is 0.493 e. The van der Waals surface area contributed by atoms with E-state index in [2.05, 4.69) is 19.1 Å². The van der Waals surface area contributed by atoms with E-state index in [0.717, 1.165) is 30.5 Å². The summed E-state index contributed by atoms with van der Waals surface area (Å²) >= 11 is 0. The summed E-state index contributed by atoms with van der Waals surface area (Å²) in [5, 5.41) is 0. The van der Waals surface area contributed by atoms with Crippen molar-refractivity contribution in [1.82, 2.24) is 4.90 Å². The molecule has 1 unspecified atom stereocenters. The first kappa shape index (κ1) is 17.3. The van der Waals surface area contributed by atoms with E-state index in [1.165, 1.54) is 5.56 Å². The Hall–Kier alpha value is -2.49. The van der Waals surface area contributed by atoms with Gasteiger partial charge in [-0.3, -0.25) is 4.79 Å². The molecule has 132 valence electrons. The number of methoxy groups -OCH3 is 2. The van der Waals surface area contributed by atoms with E-state index in [9.17, 15) is 4.79 Å². The Bertz CT molecular complexity index is 739. The average Bonchev–Trinajstić information content (AvgIpc) is 3.13. The molecule has 1 fully saturated rings. The number of likely N-dealkylation sites (tertiary alicyclic amines) is 1. The molecule has 0 aliphatic carbocycles. The number of carbonyl (C=O) groups is 1. The lowest BCUT2D eigenvalue weighted by molar-refractivity contribution is -0.131. The summed E-state index contributed by atoms with van der Waals surface area (Å²) in [5.74, 6) is 1.60. The molecule has 3 rings (SSSR count). The van der Waals surface area contributed by atoms with E-state index in [-0.39, 0.29) is 11.9 Å². The van der Waals surface area contributed by atoms with Gasteiger partial charge < -0.3 is 14.4 Å². The highest BCUT2D eigenvalue weighted by Gasteiger charge is 2.30. The van der Waals surface area contributed by atoms with Gasteiger partial charge >= 0.3 is 0 Å². The summed E-state index contributed by atoms with van der Waals surface area (Å²) in [7, 11) is 3.26. The number of aryl methyl sites for hydroxylation is 1. The molecule has 0 aromatic heterocycles. The van der Waals surface area contributed by atoms with Crippen molar-refractivity contribution in [3.8, 4) is 11.5 Å². The number of amides is 1. The van der Waals surface area contributed by atoms with Gasteiger partial charge in [0.1, 0.15) is 0 Å². The van der Waals surface area contributed by atoms with E-state index in [0.29, 0.717) is 17.9 Å². The first-order valence-electron chi connectivity index (χ1n) is 8.69. The minimum atomic E-state index is 0.109. The lowest BCUT2D eigenvalue weighted by Crippen LogP contribution is -2.31. The van der Waals surface area contributed by atoms with E-state index in [1.54, 1.807) is 14.2 Å². The van der Waals surface area contributed by atoms with Gasteiger partial charge in [-0.05, 0) is 43.0 Å². The van der Waals surface area contributed by atoms with Crippen LogP contribution in [0.2, 0.25) is 0 Å². The molecule has 1 atom stereocenters. The van der Waals surface area contributed by atoms with Crippen molar-refractivity contribution in [2.75, 3.05) is 20.8 Å². The fourth-order valence-electron chi connectivity index (χ4n) is 3.45. The Morgan fingerprint density at radius 3 is 2.48 bits per heavy atom. The Labute approximate surface area is 149 Å². The van der Waals surface area contributed by atoms with Crippen LogP contribution in [0.5, 0.6) is 11.5 Å². The van der Waals surface area contributed by atoms with Crippen LogP contribution in [0.3, 0.4) is 0 Å². The van der Waals surface area contributed by atoms with Gasteiger partial charge in [0, 0.05) is 6.54 Å². The summed E-state index contributed by atoms with van der Waals surface area (Å²) in [5.41, 5.74) is 3.38. The van der Waals surface area contributed by atoms with Crippen molar-refractivity contribution in [2.45, 2.75) is 32.2 Å². The number of hydrogen-bond donors (Lipinski definition) is 0. The van der Waals surface area contributed by atoms with Crippen molar-refractivity contribution in [3.05, 3.63) is 59.2 Å². The molecule has 0 radical (unpaired) electrons. The van der Waals surface area contributed by atoms with Crippen LogP contribution in [0, 0.1) is 6.92 Å². The van der Waals surface area contributed by atoms with Crippen LogP contribution < -0.4 is 9.47 Å². The molecule has 25 heavy (non-hydrogen) atoms. The summed E-state index contributed by atoms with van der Waals surface area (Å²) < 4.78 is 10.7. The Morgan fingerprint density at radius 2 is 1.80 bits per heavy atom. The van der Waals surface area contributed by atoms with Crippen molar-refractivity contribution >= 4 is 5.91 Å². The fraction of sp³-hybridized carbons (Fsp3) is 0.381. The van der Waals surface area contributed by atoms with Crippen molar-refractivity contribution in [2.24, 2.45) is 0 Å². The highest BCUT2D eigenvalue weighted by molar-refractivity contribution is 5.79. The van der Waals surface area contributed by atoms with Crippen LogP contribution in [0.15, 0.2) is 42.5 Å². The standard InChI is InChI=1S/C21H25NO3/c1-15-6-8-16(9-7-15)13-21(23)22-12-4-5-18(22)17-10-11-19(24-2)20(14-17)25-3/h6-11,14,18H,4-5,12-13H2,1-3H3. The SMILES string of the molecule is COc1ccc(C2CCCN2C(=O)Cc2ccc(C)cc2)cc1OC. The molecule has 1 heterocycles. The predicted molar refractivity (Wildman–Crippen MR) is 98.1 cm³/mol. The summed E-state index contributed by atoms with van der Waals surface area (Å²) in [4.78, 5) is 14.8. The third kappa shape index (κ3) is 3.78. The molecule has 4 heteroatoms. The molecular formula is C21H25NO3. The molecule has 1 aliphatic heterocycles. The highest BCUT2D eigenvalue weighted by atomic mass is 16.5. The molecular weight excluding hydrogens is 314 g/mol. The first-order valence-corrected chi connectivity index (χ1v) is 8.69. The second kappa shape index (κ2) is 7.60. The molecule has 0 spiro atoms. The van der Waals surface area contributed by atoms with Crippen LogP contribution >= 0.6 is 0 Å². The summed E-state index contributed by atoms with van der Waals surface area (Å²) in [6.07, 6.45) is 2.46. The molecule has 2 aromatic carbocycles. The molecule has 2 aromatic rings. The van der Waals surface area contributed by atoms with Gasteiger partial charge in [-0.1, -0.05) is 35.9 Å². The molecule has 1 saturated heterocycles. The number of nitrogens with zero attached hydrogens (tertiary/aromatic N) is 1. The van der Waals surface area contributed by atoms with Gasteiger partial charge in [-0.2, -0.15) is 0 Å². The lowest BCUT2D eigenvalue weighted by Gasteiger charge is -2.26. The zero-order valence-electron chi connectivity index (χ0n) is 15.1. The van der Waals surface area contributed by atoms with Crippen LogP contribution in [0.25, 0.3) is 0 Å². The minimum absolute atomic E-state index is 0.109. The monoisotopic (exact) mass is 339 g/mol. The van der Waals surface area contributed by atoms with Crippen molar-refractivity contribution in [1.29, 1.82) is 0 Å². The smallest absolute Gasteiger partial charge is 0.227 e. The van der Waals surface area contributed by atoms with Crippen LogP contribution in [-0.4, -0.2) is 31.6 Å². The maximum absolute atomic E-state index is 12.8. The molecule has 4 nitrogen and oxygen atoms in total. The third-order valence-electron chi connectivity index (χ3n) is 4.84. The maximum Gasteiger partial charge on any atom is 0.227 e. The lowest BCUT2D eigenvalue weighted by atomic mass is 10.0. The van der Waals surface area contributed by atoms with Crippen LogP contribution in [0.1, 0.15) is 35.6 Å². The number of ether oxygens (including phenoxy) is 2. The molecule has 0 bridgehead atoms. The third-order valence-corrected chi connectivity index (χ3v) is 4.84. The fourth-order valence-corrected chi connectivity index (χ4v) is 3.45. The van der Waals surface area contributed by atoms with Crippen LogP contribution in [0.4, 0.5) is 0 Å². The van der Waals surface area contributed by atoms with E-state index in [4.69, 9.17) is 9.47 Å². The molecule has 0 saturated carbocycles. The quantitative estimate of drug-likeness (QED) is 0.829. The van der Waals surface area contributed by atoms with Gasteiger partial charge in [-0.15, -0.1) is 0 Å². The van der Waals surface area contributed by atoms with E-state index >= 15 is 0 Å². The number of rotatable bonds is 5. The molecule has 0 N–H and O–H groups in total. The second-order valence-electron chi connectivity index (χ2n) is 6.52. The maximum atomic E-state index is 12.8. The van der Waals surface area contributed by atoms with Gasteiger partial charge in [0.15, 0.2) is 11.5 Å². The highest BCUT2D eigenvalue weighted by Crippen LogP contribution is 2.37. The van der Waals surface area contributed by atoms with Gasteiger partial charge in [0.05, 0.1) is 26.7 Å². The average molecular weight is 339 g/mol. The number of carbonyl (C=O) groups excluding carboxylic acids is 1. The Kier molecular flexibility index (Phi) is 5.27.